The molecule has 2 N–H and O–H groups in total. The van der Waals surface area contributed by atoms with Crippen molar-refractivity contribution in [2.45, 2.75) is 25.0 Å². The predicted molar refractivity (Wildman–Crippen MR) is 43.8 cm³/mol. The fourth-order valence-corrected chi connectivity index (χ4v) is 1.65. The van der Waals surface area contributed by atoms with Crippen molar-refractivity contribution >= 4 is 11.8 Å². The molecule has 0 aromatic heterocycles. The van der Waals surface area contributed by atoms with Gasteiger partial charge in [-0.25, -0.2) is 0 Å². The summed E-state index contributed by atoms with van der Waals surface area (Å²) in [6, 6.07) is -0.347. The largest absolute Gasteiger partial charge is 0.389 e. The minimum atomic E-state index is -0.374. The maximum absolute atomic E-state index is 11.5. The van der Waals surface area contributed by atoms with E-state index in [-0.39, 0.29) is 24.0 Å². The molecule has 0 saturated carbocycles. The summed E-state index contributed by atoms with van der Waals surface area (Å²) < 4.78 is 0. The summed E-state index contributed by atoms with van der Waals surface area (Å²) in [6.45, 7) is 0.816. The van der Waals surface area contributed by atoms with Gasteiger partial charge in [-0.2, -0.15) is 0 Å². The molecule has 2 amide bonds. The third-order valence-corrected chi connectivity index (χ3v) is 2.47. The molecule has 2 aliphatic rings. The van der Waals surface area contributed by atoms with Crippen LogP contribution in [0.25, 0.3) is 0 Å². The number of aliphatic hydroxyl groups excluding tert-OH is 1. The van der Waals surface area contributed by atoms with E-state index in [1.165, 1.54) is 0 Å². The molecule has 0 aliphatic carbocycles. The van der Waals surface area contributed by atoms with Gasteiger partial charge in [-0.15, -0.1) is 0 Å². The van der Waals surface area contributed by atoms with E-state index in [0.717, 1.165) is 0 Å². The first-order valence-corrected chi connectivity index (χ1v) is 4.43. The van der Waals surface area contributed by atoms with E-state index in [1.54, 1.807) is 4.90 Å². The molecule has 0 aromatic carbocycles. The highest BCUT2D eigenvalue weighted by Gasteiger charge is 2.36. The lowest BCUT2D eigenvalue weighted by Gasteiger charge is -2.37. The van der Waals surface area contributed by atoms with E-state index in [4.69, 9.17) is 5.11 Å². The van der Waals surface area contributed by atoms with Gasteiger partial charge in [0.2, 0.25) is 11.8 Å². The molecule has 5 nitrogen and oxygen atoms in total. The Morgan fingerprint density at radius 3 is 2.69 bits per heavy atom. The van der Waals surface area contributed by atoms with E-state index in [0.29, 0.717) is 25.9 Å². The second kappa shape index (κ2) is 2.99. The zero-order valence-electron chi connectivity index (χ0n) is 7.19. The molecular formula is C8H12N2O3. The van der Waals surface area contributed by atoms with E-state index >= 15 is 0 Å². The van der Waals surface area contributed by atoms with Crippen LogP contribution in [0, 0.1) is 0 Å². The van der Waals surface area contributed by atoms with Gasteiger partial charge in [-0.05, 0) is 6.42 Å². The molecule has 0 aromatic rings. The average Bonchev–Trinajstić information content (AvgIpc) is 2.45. The number of nitrogens with one attached hydrogen (secondary N) is 1. The Hall–Kier alpha value is -1.10. The molecular weight excluding hydrogens is 172 g/mol. The van der Waals surface area contributed by atoms with Crippen molar-refractivity contribution in [3.8, 4) is 0 Å². The van der Waals surface area contributed by atoms with Gasteiger partial charge in [-0.1, -0.05) is 0 Å². The Morgan fingerprint density at radius 1 is 1.54 bits per heavy atom. The quantitative estimate of drug-likeness (QED) is 0.519. The van der Waals surface area contributed by atoms with E-state index in [1.807, 2.05) is 0 Å². The number of nitrogens with zero attached hydrogens (tertiary/aromatic N) is 1. The summed E-state index contributed by atoms with van der Waals surface area (Å²) in [5, 5.41) is 11.6. The summed E-state index contributed by atoms with van der Waals surface area (Å²) in [6.07, 6.45) is 0.651. The van der Waals surface area contributed by atoms with Crippen LogP contribution in [0.5, 0.6) is 0 Å². The summed E-state index contributed by atoms with van der Waals surface area (Å²) in [5.41, 5.74) is 0. The van der Waals surface area contributed by atoms with Gasteiger partial charge in [0.05, 0.1) is 6.10 Å². The van der Waals surface area contributed by atoms with Crippen molar-refractivity contribution in [1.29, 1.82) is 0 Å². The molecule has 0 radical (unpaired) electrons. The minimum absolute atomic E-state index is 0.0561. The van der Waals surface area contributed by atoms with Gasteiger partial charge in [0.1, 0.15) is 6.04 Å². The van der Waals surface area contributed by atoms with Crippen molar-refractivity contribution in [2.75, 3.05) is 13.1 Å². The highest BCUT2D eigenvalue weighted by Crippen LogP contribution is 2.14. The van der Waals surface area contributed by atoms with E-state index < -0.39 is 0 Å². The first-order chi connectivity index (χ1) is 6.16. The molecule has 72 valence electrons. The average molecular weight is 184 g/mol. The second-order valence-electron chi connectivity index (χ2n) is 3.56. The predicted octanol–water partition coefficient (Wildman–Crippen LogP) is -1.53. The molecule has 2 heterocycles. The van der Waals surface area contributed by atoms with Gasteiger partial charge < -0.3 is 15.3 Å². The van der Waals surface area contributed by atoms with Gasteiger partial charge in [0.15, 0.2) is 0 Å². The SMILES string of the molecule is O=C1CCC(C(=O)N2CC(O)C2)N1. The van der Waals surface area contributed by atoms with Crippen LogP contribution in [0.1, 0.15) is 12.8 Å². The number of hydrogen-bond acceptors (Lipinski definition) is 3. The van der Waals surface area contributed by atoms with Crippen LogP contribution in [0.15, 0.2) is 0 Å². The van der Waals surface area contributed by atoms with Gasteiger partial charge in [0, 0.05) is 19.5 Å². The molecule has 2 rings (SSSR count). The summed E-state index contributed by atoms with van der Waals surface area (Å²) in [4.78, 5) is 23.9. The number of likely N-dealkylation sites (tertiary alicyclic amines) is 1. The van der Waals surface area contributed by atoms with E-state index in [2.05, 4.69) is 5.32 Å². The smallest absolute Gasteiger partial charge is 0.245 e. The molecule has 2 saturated heterocycles. The lowest BCUT2D eigenvalue weighted by molar-refractivity contribution is -0.143. The van der Waals surface area contributed by atoms with Crippen molar-refractivity contribution < 1.29 is 14.7 Å². The van der Waals surface area contributed by atoms with Crippen LogP contribution in [0.4, 0.5) is 0 Å². The van der Waals surface area contributed by atoms with Gasteiger partial charge in [0.25, 0.3) is 0 Å². The molecule has 0 bridgehead atoms. The van der Waals surface area contributed by atoms with Gasteiger partial charge >= 0.3 is 0 Å². The Balaban J connectivity index is 1.87. The first-order valence-electron chi connectivity index (χ1n) is 4.43. The number of amides is 2. The Labute approximate surface area is 75.7 Å². The zero-order valence-corrected chi connectivity index (χ0v) is 7.19. The lowest BCUT2D eigenvalue weighted by atomic mass is 10.1. The Bertz CT molecular complexity index is 248. The van der Waals surface area contributed by atoms with Crippen LogP contribution in [0.3, 0.4) is 0 Å². The van der Waals surface area contributed by atoms with Crippen molar-refractivity contribution in [3.05, 3.63) is 0 Å². The normalized spacial score (nSPS) is 28.5. The van der Waals surface area contributed by atoms with Crippen molar-refractivity contribution in [3.63, 3.8) is 0 Å². The third kappa shape index (κ3) is 1.51. The number of carbonyl (C=O) groups is 2. The first kappa shape index (κ1) is 8.50. The number of β-amino-alcohol motifs (C(OH)–C–C–N with tert-alkyl or cyclic N) is 1. The molecule has 5 heteroatoms. The van der Waals surface area contributed by atoms with Crippen LogP contribution in [-0.2, 0) is 9.59 Å². The monoisotopic (exact) mass is 184 g/mol. The molecule has 0 spiro atoms. The van der Waals surface area contributed by atoms with Crippen LogP contribution >= 0.6 is 0 Å². The van der Waals surface area contributed by atoms with E-state index in [9.17, 15) is 9.59 Å². The molecule has 2 aliphatic heterocycles. The molecule has 2 fully saturated rings. The number of carbonyl (C=O) groups excluding carboxylic acids is 2. The van der Waals surface area contributed by atoms with Crippen molar-refractivity contribution in [1.82, 2.24) is 10.2 Å². The number of aliphatic hydroxyl groups is 1. The highest BCUT2D eigenvalue weighted by atomic mass is 16.3. The maximum Gasteiger partial charge on any atom is 0.245 e. The molecule has 1 unspecified atom stereocenters. The lowest BCUT2D eigenvalue weighted by Crippen LogP contribution is -2.57. The molecule has 13 heavy (non-hydrogen) atoms. The van der Waals surface area contributed by atoms with Crippen LogP contribution in [-0.4, -0.2) is 47.1 Å². The number of hydrogen-bond donors (Lipinski definition) is 2. The van der Waals surface area contributed by atoms with Crippen LogP contribution in [0.2, 0.25) is 0 Å². The number of rotatable bonds is 1. The Kier molecular flexibility index (Phi) is 1.95. The molecule has 1 atom stereocenters. The fraction of sp³-hybridized carbons (Fsp3) is 0.750. The summed E-state index contributed by atoms with van der Waals surface area (Å²) in [5.74, 6) is -0.115. The summed E-state index contributed by atoms with van der Waals surface area (Å²) in [7, 11) is 0. The third-order valence-electron chi connectivity index (χ3n) is 2.47. The highest BCUT2D eigenvalue weighted by molar-refractivity contribution is 5.91. The zero-order chi connectivity index (χ0) is 9.42. The van der Waals surface area contributed by atoms with Gasteiger partial charge in [-0.3, -0.25) is 9.59 Å². The van der Waals surface area contributed by atoms with Crippen LogP contribution < -0.4 is 5.32 Å². The summed E-state index contributed by atoms with van der Waals surface area (Å²) >= 11 is 0. The Morgan fingerprint density at radius 2 is 2.23 bits per heavy atom. The van der Waals surface area contributed by atoms with Crippen molar-refractivity contribution in [2.24, 2.45) is 0 Å². The topological polar surface area (TPSA) is 69.6 Å². The maximum atomic E-state index is 11.5. The standard InChI is InChI=1S/C8H12N2O3/c11-5-3-10(4-5)8(13)6-1-2-7(12)9-6/h5-6,11H,1-4H2,(H,9,12). The fourth-order valence-electron chi connectivity index (χ4n) is 1.65. The minimum Gasteiger partial charge on any atom is -0.389 e. The second-order valence-corrected chi connectivity index (χ2v) is 3.56.